The van der Waals surface area contributed by atoms with Gasteiger partial charge in [-0.1, -0.05) is 0 Å². The van der Waals surface area contributed by atoms with E-state index in [1.54, 1.807) is 12.1 Å². The van der Waals surface area contributed by atoms with Crippen LogP contribution in [0, 0.1) is 6.92 Å². The summed E-state index contributed by atoms with van der Waals surface area (Å²) in [5.74, 6) is 0.592. The van der Waals surface area contributed by atoms with E-state index < -0.39 is 0 Å². The molecule has 94 valence electrons. The summed E-state index contributed by atoms with van der Waals surface area (Å²) in [6.45, 7) is 7.85. The number of nitrogen functional groups attached to an aromatic ring is 1. The second kappa shape index (κ2) is 5.03. The van der Waals surface area contributed by atoms with Crippen LogP contribution < -0.4 is 16.4 Å². The molecule has 0 fully saturated rings. The molecule has 0 atom stereocenters. The van der Waals surface area contributed by atoms with Crippen LogP contribution in [0.2, 0.25) is 0 Å². The first-order valence-corrected chi connectivity index (χ1v) is 5.56. The molecule has 0 aliphatic heterocycles. The summed E-state index contributed by atoms with van der Waals surface area (Å²) in [6, 6.07) is 3.53. The van der Waals surface area contributed by atoms with Gasteiger partial charge in [0.25, 0.3) is 0 Å². The molecule has 0 aromatic carbocycles. The topological polar surface area (TPSA) is 80.0 Å². The minimum atomic E-state index is -0.219. The maximum Gasteiger partial charge on any atom is 0.239 e. The highest BCUT2D eigenvalue weighted by Crippen LogP contribution is 2.11. The lowest BCUT2D eigenvalue weighted by molar-refractivity contribution is -0.120. The number of carbonyl (C=O) groups is 1. The van der Waals surface area contributed by atoms with Gasteiger partial charge < -0.3 is 16.4 Å². The number of nitrogens with two attached hydrogens (primary N) is 1. The Morgan fingerprint density at radius 1 is 1.41 bits per heavy atom. The normalized spacial score (nSPS) is 11.1. The van der Waals surface area contributed by atoms with E-state index in [4.69, 9.17) is 5.73 Å². The number of carbonyl (C=O) groups excluding carboxylic acids is 1. The van der Waals surface area contributed by atoms with Crippen molar-refractivity contribution in [3.05, 3.63) is 17.8 Å². The lowest BCUT2D eigenvalue weighted by Gasteiger charge is -2.20. The maximum atomic E-state index is 11.6. The van der Waals surface area contributed by atoms with Crippen LogP contribution in [0.25, 0.3) is 0 Å². The van der Waals surface area contributed by atoms with Gasteiger partial charge in [0.05, 0.1) is 17.9 Å². The van der Waals surface area contributed by atoms with E-state index in [1.165, 1.54) is 0 Å². The fraction of sp³-hybridized carbons (Fsp3) is 0.500. The van der Waals surface area contributed by atoms with Crippen molar-refractivity contribution >= 4 is 17.4 Å². The van der Waals surface area contributed by atoms with Gasteiger partial charge in [-0.3, -0.25) is 4.79 Å². The number of nitrogens with one attached hydrogen (secondary N) is 2. The Balaban J connectivity index is 2.50. The van der Waals surface area contributed by atoms with E-state index in [0.717, 1.165) is 5.69 Å². The summed E-state index contributed by atoms with van der Waals surface area (Å²) in [6.07, 6.45) is 0. The predicted octanol–water partition coefficient (Wildman–Crippen LogP) is 1.30. The Kier molecular flexibility index (Phi) is 3.93. The highest BCUT2D eigenvalue weighted by atomic mass is 16.2. The first-order chi connectivity index (χ1) is 7.78. The molecule has 0 saturated heterocycles. The summed E-state index contributed by atoms with van der Waals surface area (Å²) in [5.41, 5.74) is 6.84. The first kappa shape index (κ1) is 13.3. The van der Waals surface area contributed by atoms with Crippen LogP contribution in [0.15, 0.2) is 12.1 Å². The van der Waals surface area contributed by atoms with Crippen molar-refractivity contribution in [2.24, 2.45) is 0 Å². The molecule has 0 unspecified atom stereocenters. The van der Waals surface area contributed by atoms with Crippen LogP contribution in [0.5, 0.6) is 0 Å². The lowest BCUT2D eigenvalue weighted by Crippen LogP contribution is -2.43. The van der Waals surface area contributed by atoms with Gasteiger partial charge in [0.15, 0.2) is 0 Å². The van der Waals surface area contributed by atoms with Gasteiger partial charge in [0.2, 0.25) is 5.91 Å². The van der Waals surface area contributed by atoms with Crippen molar-refractivity contribution in [1.29, 1.82) is 0 Å². The molecule has 1 aromatic rings. The number of aromatic nitrogens is 1. The number of aryl methyl sites for hydroxylation is 1. The Labute approximate surface area is 102 Å². The molecule has 5 nitrogen and oxygen atoms in total. The van der Waals surface area contributed by atoms with Crippen molar-refractivity contribution in [3.8, 4) is 0 Å². The molecule has 1 amide bonds. The largest absolute Gasteiger partial charge is 0.397 e. The van der Waals surface area contributed by atoms with Gasteiger partial charge in [-0.15, -0.1) is 0 Å². The molecule has 0 radical (unpaired) electrons. The number of anilines is 2. The van der Waals surface area contributed by atoms with Crippen LogP contribution in [0.3, 0.4) is 0 Å². The first-order valence-electron chi connectivity index (χ1n) is 5.56. The molecule has 0 aliphatic carbocycles. The number of nitrogens with zero attached hydrogens (tertiary/aromatic N) is 1. The third-order valence-corrected chi connectivity index (χ3v) is 2.07. The summed E-state index contributed by atoms with van der Waals surface area (Å²) in [4.78, 5) is 15.8. The Hall–Kier alpha value is -1.78. The number of hydrogen-bond acceptors (Lipinski definition) is 4. The molecule has 1 aromatic heterocycles. The zero-order chi connectivity index (χ0) is 13.1. The molecule has 0 aliphatic rings. The lowest BCUT2D eigenvalue weighted by atomic mass is 10.1. The average Bonchev–Trinajstić information content (AvgIpc) is 2.17. The molecule has 1 heterocycles. The standard InChI is InChI=1S/C12H20N4O/c1-8-9(13)5-6-10(15-8)14-7-11(17)16-12(2,3)4/h5-6H,7,13H2,1-4H3,(H,14,15)(H,16,17). The summed E-state index contributed by atoms with van der Waals surface area (Å²) >= 11 is 0. The molecule has 17 heavy (non-hydrogen) atoms. The van der Waals surface area contributed by atoms with E-state index in [1.807, 2.05) is 27.7 Å². The highest BCUT2D eigenvalue weighted by molar-refractivity contribution is 5.81. The van der Waals surface area contributed by atoms with Crippen LogP contribution >= 0.6 is 0 Å². The summed E-state index contributed by atoms with van der Waals surface area (Å²) in [5, 5.41) is 5.82. The van der Waals surface area contributed by atoms with Gasteiger partial charge in [-0.05, 0) is 39.8 Å². The van der Waals surface area contributed by atoms with Crippen LogP contribution in [0.4, 0.5) is 11.5 Å². The Morgan fingerprint density at radius 2 is 2.06 bits per heavy atom. The summed E-state index contributed by atoms with van der Waals surface area (Å²) in [7, 11) is 0. The Morgan fingerprint density at radius 3 is 2.59 bits per heavy atom. The van der Waals surface area contributed by atoms with Crippen molar-refractivity contribution in [2.45, 2.75) is 33.2 Å². The SMILES string of the molecule is Cc1nc(NCC(=O)NC(C)(C)C)ccc1N. The monoisotopic (exact) mass is 236 g/mol. The third kappa shape index (κ3) is 4.72. The van der Waals surface area contributed by atoms with Crippen molar-refractivity contribution < 1.29 is 4.79 Å². The van der Waals surface area contributed by atoms with Gasteiger partial charge in [-0.25, -0.2) is 4.98 Å². The molecule has 1 rings (SSSR count). The van der Waals surface area contributed by atoms with E-state index in [9.17, 15) is 4.79 Å². The molecular weight excluding hydrogens is 216 g/mol. The van der Waals surface area contributed by atoms with Gasteiger partial charge in [0, 0.05) is 5.54 Å². The third-order valence-electron chi connectivity index (χ3n) is 2.07. The zero-order valence-electron chi connectivity index (χ0n) is 10.8. The summed E-state index contributed by atoms with van der Waals surface area (Å²) < 4.78 is 0. The highest BCUT2D eigenvalue weighted by Gasteiger charge is 2.13. The van der Waals surface area contributed by atoms with E-state index >= 15 is 0 Å². The molecule has 0 bridgehead atoms. The minimum Gasteiger partial charge on any atom is -0.397 e. The molecule has 4 N–H and O–H groups in total. The number of amides is 1. The second-order valence-electron chi connectivity index (χ2n) is 5.02. The number of rotatable bonds is 3. The smallest absolute Gasteiger partial charge is 0.239 e. The molecule has 0 saturated carbocycles. The zero-order valence-corrected chi connectivity index (χ0v) is 10.8. The van der Waals surface area contributed by atoms with E-state index in [0.29, 0.717) is 11.5 Å². The molecule has 5 heteroatoms. The van der Waals surface area contributed by atoms with Crippen molar-refractivity contribution in [3.63, 3.8) is 0 Å². The quantitative estimate of drug-likeness (QED) is 0.739. The Bertz CT molecular complexity index is 409. The van der Waals surface area contributed by atoms with Gasteiger partial charge in [0.1, 0.15) is 5.82 Å². The van der Waals surface area contributed by atoms with E-state index in [2.05, 4.69) is 15.6 Å². The molecular formula is C12H20N4O. The van der Waals surface area contributed by atoms with Gasteiger partial charge in [-0.2, -0.15) is 0 Å². The van der Waals surface area contributed by atoms with Crippen LogP contribution in [-0.2, 0) is 4.79 Å². The second-order valence-corrected chi connectivity index (χ2v) is 5.02. The van der Waals surface area contributed by atoms with Crippen molar-refractivity contribution in [2.75, 3.05) is 17.6 Å². The fourth-order valence-corrected chi connectivity index (χ4v) is 1.30. The van der Waals surface area contributed by atoms with Crippen LogP contribution in [-0.4, -0.2) is 23.0 Å². The average molecular weight is 236 g/mol. The van der Waals surface area contributed by atoms with Crippen LogP contribution in [0.1, 0.15) is 26.5 Å². The number of hydrogen-bond donors (Lipinski definition) is 3. The number of pyridine rings is 1. The maximum absolute atomic E-state index is 11.6. The predicted molar refractivity (Wildman–Crippen MR) is 69.8 cm³/mol. The fourth-order valence-electron chi connectivity index (χ4n) is 1.30. The molecule has 0 spiro atoms. The van der Waals surface area contributed by atoms with E-state index in [-0.39, 0.29) is 18.0 Å². The van der Waals surface area contributed by atoms with Crippen molar-refractivity contribution in [1.82, 2.24) is 10.3 Å². The van der Waals surface area contributed by atoms with Gasteiger partial charge >= 0.3 is 0 Å². The minimum absolute atomic E-state index is 0.0613.